The van der Waals surface area contributed by atoms with E-state index < -0.39 is 0 Å². The van der Waals surface area contributed by atoms with Gasteiger partial charge in [0.25, 0.3) is 11.8 Å². The molecule has 4 nitrogen and oxygen atoms in total. The number of morpholine rings is 1. The molecule has 1 fully saturated rings. The molecule has 1 saturated heterocycles. The molecule has 11 heavy (non-hydrogen) atoms. The van der Waals surface area contributed by atoms with E-state index in [-0.39, 0.29) is 18.4 Å². The maximum atomic E-state index is 10.9. The zero-order valence-electron chi connectivity index (χ0n) is 6.08. The molecule has 1 heterocycles. The first-order chi connectivity index (χ1) is 5.25. The fourth-order valence-corrected chi connectivity index (χ4v) is 0.861. The number of amides is 2. The maximum absolute atomic E-state index is 10.9. The Morgan fingerprint density at radius 1 is 1.73 bits per heavy atom. The molecule has 0 spiro atoms. The van der Waals surface area contributed by atoms with Crippen molar-refractivity contribution in [3.8, 4) is 0 Å². The molecule has 1 aliphatic heterocycles. The second-order valence-electron chi connectivity index (χ2n) is 2.14. The average molecular weight is 155 g/mol. The first kappa shape index (κ1) is 7.94. The molecule has 0 N–H and O–H groups in total. The predicted octanol–water partition coefficient (Wildman–Crippen LogP) is -0.442. The van der Waals surface area contributed by atoms with E-state index in [2.05, 4.69) is 6.58 Å². The van der Waals surface area contributed by atoms with Gasteiger partial charge in [0, 0.05) is 0 Å². The van der Waals surface area contributed by atoms with Crippen LogP contribution in [0.1, 0.15) is 0 Å². The fourth-order valence-electron chi connectivity index (χ4n) is 0.861. The van der Waals surface area contributed by atoms with Gasteiger partial charge in [-0.25, -0.2) is 0 Å². The zero-order valence-corrected chi connectivity index (χ0v) is 6.08. The summed E-state index contributed by atoms with van der Waals surface area (Å²) >= 11 is 0. The molecular weight excluding hydrogens is 146 g/mol. The number of rotatable bonds is 1. The summed E-state index contributed by atoms with van der Waals surface area (Å²) in [5, 5.41) is 0. The highest BCUT2D eigenvalue weighted by molar-refractivity contribution is 6.01. The number of nitrogens with zero attached hydrogens (tertiary/aromatic N) is 1. The average Bonchev–Trinajstić information content (AvgIpc) is 2.04. The van der Waals surface area contributed by atoms with Crippen LogP contribution in [0.3, 0.4) is 0 Å². The molecule has 60 valence electrons. The van der Waals surface area contributed by atoms with E-state index >= 15 is 0 Å². The summed E-state index contributed by atoms with van der Waals surface area (Å²) in [6, 6.07) is 0. The van der Waals surface area contributed by atoms with Crippen molar-refractivity contribution in [2.45, 2.75) is 0 Å². The van der Waals surface area contributed by atoms with Crippen LogP contribution < -0.4 is 0 Å². The zero-order chi connectivity index (χ0) is 8.27. The smallest absolute Gasteiger partial charge is 0.255 e. The Balaban J connectivity index is 2.61. The van der Waals surface area contributed by atoms with E-state index in [1.807, 2.05) is 0 Å². The molecule has 1 aliphatic rings. The predicted molar refractivity (Wildman–Crippen MR) is 37.7 cm³/mol. The Hall–Kier alpha value is -1.16. The third-order valence-corrected chi connectivity index (χ3v) is 1.43. The number of hydrogen-bond donors (Lipinski definition) is 0. The van der Waals surface area contributed by atoms with Crippen molar-refractivity contribution in [2.75, 3.05) is 19.8 Å². The molecular formula is C7H9NO3. The number of carbonyl (C=O) groups is 2. The molecule has 0 aromatic carbocycles. The number of hydrogen-bond acceptors (Lipinski definition) is 3. The molecule has 0 atom stereocenters. The summed E-state index contributed by atoms with van der Waals surface area (Å²) in [4.78, 5) is 23.0. The molecule has 1 rings (SSSR count). The van der Waals surface area contributed by atoms with E-state index in [9.17, 15) is 9.59 Å². The molecule has 0 aliphatic carbocycles. The van der Waals surface area contributed by atoms with E-state index in [0.717, 1.165) is 11.0 Å². The summed E-state index contributed by atoms with van der Waals surface area (Å²) in [5.74, 6) is -0.639. The lowest BCUT2D eigenvalue weighted by atomic mass is 10.4. The highest BCUT2D eigenvalue weighted by Crippen LogP contribution is 1.99. The minimum Gasteiger partial charge on any atom is -0.370 e. The van der Waals surface area contributed by atoms with Crippen molar-refractivity contribution in [1.29, 1.82) is 0 Å². The fraction of sp³-hybridized carbons (Fsp3) is 0.429. The minimum atomic E-state index is -0.349. The van der Waals surface area contributed by atoms with Gasteiger partial charge in [-0.15, -0.1) is 0 Å². The van der Waals surface area contributed by atoms with Crippen molar-refractivity contribution in [3.05, 3.63) is 12.7 Å². The van der Waals surface area contributed by atoms with Crippen molar-refractivity contribution in [3.63, 3.8) is 0 Å². The van der Waals surface area contributed by atoms with E-state index in [4.69, 9.17) is 4.74 Å². The lowest BCUT2D eigenvalue weighted by molar-refractivity contribution is -0.151. The molecule has 4 heteroatoms. The molecule has 0 unspecified atom stereocenters. The van der Waals surface area contributed by atoms with Crippen LogP contribution in [0, 0.1) is 0 Å². The number of imide groups is 1. The molecule has 0 bridgehead atoms. The Labute approximate surface area is 64.4 Å². The second kappa shape index (κ2) is 3.30. The Bertz CT molecular complexity index is 200. The third-order valence-electron chi connectivity index (χ3n) is 1.43. The number of carbonyl (C=O) groups excluding carboxylic acids is 2. The van der Waals surface area contributed by atoms with Crippen LogP contribution in [0.5, 0.6) is 0 Å². The molecule has 0 aromatic heterocycles. The van der Waals surface area contributed by atoms with Gasteiger partial charge in [-0.2, -0.15) is 0 Å². The lowest BCUT2D eigenvalue weighted by Crippen LogP contribution is -2.44. The van der Waals surface area contributed by atoms with Crippen LogP contribution in [0.4, 0.5) is 0 Å². The van der Waals surface area contributed by atoms with Gasteiger partial charge < -0.3 is 4.74 Å². The highest BCUT2D eigenvalue weighted by Gasteiger charge is 2.22. The van der Waals surface area contributed by atoms with Crippen molar-refractivity contribution in [1.82, 2.24) is 4.90 Å². The van der Waals surface area contributed by atoms with Gasteiger partial charge in [-0.1, -0.05) is 6.58 Å². The molecule has 0 radical (unpaired) electrons. The van der Waals surface area contributed by atoms with Crippen LogP contribution in [-0.4, -0.2) is 36.5 Å². The molecule has 0 saturated carbocycles. The molecule has 0 aromatic rings. The summed E-state index contributed by atoms with van der Waals surface area (Å²) < 4.78 is 4.83. The SMILES string of the molecule is C=CC(=O)N1CCOCC1=O. The minimum absolute atomic E-state index is 0.000417. The largest absolute Gasteiger partial charge is 0.370 e. The Morgan fingerprint density at radius 3 is 3.00 bits per heavy atom. The van der Waals surface area contributed by atoms with Gasteiger partial charge in [-0.3, -0.25) is 14.5 Å². The monoisotopic (exact) mass is 155 g/mol. The van der Waals surface area contributed by atoms with Crippen LogP contribution >= 0.6 is 0 Å². The van der Waals surface area contributed by atoms with Gasteiger partial charge in [0.15, 0.2) is 0 Å². The Morgan fingerprint density at radius 2 is 2.45 bits per heavy atom. The van der Waals surface area contributed by atoms with Gasteiger partial charge in [-0.05, 0) is 6.08 Å². The van der Waals surface area contributed by atoms with Crippen molar-refractivity contribution < 1.29 is 14.3 Å². The maximum Gasteiger partial charge on any atom is 0.255 e. The first-order valence-electron chi connectivity index (χ1n) is 3.30. The van der Waals surface area contributed by atoms with Crippen LogP contribution in [0.15, 0.2) is 12.7 Å². The van der Waals surface area contributed by atoms with Crippen LogP contribution in [0.2, 0.25) is 0 Å². The summed E-state index contributed by atoms with van der Waals surface area (Å²) in [7, 11) is 0. The van der Waals surface area contributed by atoms with Crippen molar-refractivity contribution in [2.24, 2.45) is 0 Å². The normalized spacial score (nSPS) is 18.2. The summed E-state index contributed by atoms with van der Waals surface area (Å²) in [5.41, 5.74) is 0. The summed E-state index contributed by atoms with van der Waals surface area (Å²) in [6.07, 6.45) is 1.13. The van der Waals surface area contributed by atoms with E-state index in [1.54, 1.807) is 0 Å². The third kappa shape index (κ3) is 1.65. The molecule has 2 amide bonds. The van der Waals surface area contributed by atoms with E-state index in [0.29, 0.717) is 13.2 Å². The second-order valence-corrected chi connectivity index (χ2v) is 2.14. The lowest BCUT2D eigenvalue weighted by Gasteiger charge is -2.23. The standard InChI is InChI=1S/C7H9NO3/c1-2-6(9)8-3-4-11-5-7(8)10/h2H,1,3-5H2. The van der Waals surface area contributed by atoms with Crippen molar-refractivity contribution >= 4 is 11.8 Å². The van der Waals surface area contributed by atoms with Gasteiger partial charge >= 0.3 is 0 Å². The van der Waals surface area contributed by atoms with Gasteiger partial charge in [0.05, 0.1) is 13.2 Å². The number of ether oxygens (including phenoxy) is 1. The Kier molecular flexibility index (Phi) is 2.38. The quantitative estimate of drug-likeness (QED) is 0.482. The van der Waals surface area contributed by atoms with E-state index in [1.165, 1.54) is 0 Å². The first-order valence-corrected chi connectivity index (χ1v) is 3.30. The highest BCUT2D eigenvalue weighted by atomic mass is 16.5. The van der Waals surface area contributed by atoms with Gasteiger partial charge in [0.1, 0.15) is 6.61 Å². The summed E-state index contributed by atoms with van der Waals surface area (Å²) in [6.45, 7) is 4.04. The van der Waals surface area contributed by atoms with Crippen LogP contribution in [0.25, 0.3) is 0 Å². The topological polar surface area (TPSA) is 46.6 Å². The van der Waals surface area contributed by atoms with Crippen LogP contribution in [-0.2, 0) is 14.3 Å². The van der Waals surface area contributed by atoms with Gasteiger partial charge in [0.2, 0.25) is 0 Å².